The molecule has 68 valence electrons. The molecule has 0 bridgehead atoms. The molecule has 13 heavy (non-hydrogen) atoms. The monoisotopic (exact) mass is 254 g/mol. The van der Waals surface area contributed by atoms with Crippen LogP contribution in [0.2, 0.25) is 0 Å². The van der Waals surface area contributed by atoms with Crippen molar-refractivity contribution in [3.8, 4) is 0 Å². The zero-order chi connectivity index (χ0) is 9.59. The van der Waals surface area contributed by atoms with Crippen molar-refractivity contribution in [2.75, 3.05) is 0 Å². The third kappa shape index (κ3) is 1.42. The summed E-state index contributed by atoms with van der Waals surface area (Å²) in [6.45, 7) is 6.48. The van der Waals surface area contributed by atoms with E-state index in [-0.39, 0.29) is 0 Å². The van der Waals surface area contributed by atoms with Gasteiger partial charge in [0.25, 0.3) is 0 Å². The number of thiophene rings is 1. The van der Waals surface area contributed by atoms with E-state index in [9.17, 15) is 0 Å². The summed E-state index contributed by atoms with van der Waals surface area (Å²) in [5.74, 6) is 0. The Kier molecular flexibility index (Phi) is 2.20. The molecule has 1 heterocycles. The van der Waals surface area contributed by atoms with E-state index >= 15 is 0 Å². The average Bonchev–Trinajstić information content (AvgIpc) is 2.27. The van der Waals surface area contributed by atoms with Crippen LogP contribution in [-0.4, -0.2) is 0 Å². The van der Waals surface area contributed by atoms with Gasteiger partial charge in [-0.3, -0.25) is 0 Å². The van der Waals surface area contributed by atoms with Gasteiger partial charge in [0, 0.05) is 19.4 Å². The van der Waals surface area contributed by atoms with Crippen molar-refractivity contribution in [3.05, 3.63) is 32.6 Å². The van der Waals surface area contributed by atoms with Gasteiger partial charge in [-0.1, -0.05) is 6.07 Å². The van der Waals surface area contributed by atoms with Crippen molar-refractivity contribution < 1.29 is 0 Å². The van der Waals surface area contributed by atoms with Crippen LogP contribution in [0.3, 0.4) is 0 Å². The Bertz CT molecular complexity index is 468. The minimum Gasteiger partial charge on any atom is -0.139 e. The van der Waals surface area contributed by atoms with Crippen molar-refractivity contribution in [1.29, 1.82) is 0 Å². The third-order valence-corrected chi connectivity index (χ3v) is 4.54. The van der Waals surface area contributed by atoms with E-state index in [0.29, 0.717) is 0 Å². The van der Waals surface area contributed by atoms with Crippen molar-refractivity contribution in [2.45, 2.75) is 20.8 Å². The van der Waals surface area contributed by atoms with Crippen molar-refractivity contribution in [2.24, 2.45) is 0 Å². The van der Waals surface area contributed by atoms with E-state index in [1.54, 1.807) is 0 Å². The quantitative estimate of drug-likeness (QED) is 0.645. The van der Waals surface area contributed by atoms with Crippen LogP contribution in [0.4, 0.5) is 0 Å². The molecule has 0 aliphatic rings. The lowest BCUT2D eigenvalue weighted by atomic mass is 10.1. The molecule has 1 aromatic heterocycles. The number of hydrogen-bond donors (Lipinski definition) is 0. The fourth-order valence-corrected chi connectivity index (χ4v) is 3.71. The molecule has 2 aromatic rings. The molecule has 0 nitrogen and oxygen atoms in total. The maximum atomic E-state index is 3.64. The van der Waals surface area contributed by atoms with Gasteiger partial charge in [0.15, 0.2) is 0 Å². The van der Waals surface area contributed by atoms with Gasteiger partial charge >= 0.3 is 0 Å². The van der Waals surface area contributed by atoms with E-state index in [1.807, 2.05) is 11.3 Å². The van der Waals surface area contributed by atoms with Crippen LogP contribution < -0.4 is 0 Å². The lowest BCUT2D eigenvalue weighted by molar-refractivity contribution is 1.43. The summed E-state index contributed by atoms with van der Waals surface area (Å²) in [6, 6.07) is 4.49. The summed E-state index contributed by atoms with van der Waals surface area (Å²) < 4.78 is 2.66. The first kappa shape index (κ1) is 9.22. The van der Waals surface area contributed by atoms with Crippen molar-refractivity contribution in [1.82, 2.24) is 0 Å². The standard InChI is InChI=1S/C11H11BrS/c1-6-4-7(2)10-9(5-6)13-8(3)11(10)12/h4-5H,1-3H3. The van der Waals surface area contributed by atoms with Crippen LogP contribution in [0.15, 0.2) is 16.6 Å². The summed E-state index contributed by atoms with van der Waals surface area (Å²) in [7, 11) is 0. The molecular weight excluding hydrogens is 244 g/mol. The van der Waals surface area contributed by atoms with Gasteiger partial charge in [-0.25, -0.2) is 0 Å². The summed E-state index contributed by atoms with van der Waals surface area (Å²) in [6.07, 6.45) is 0. The molecule has 0 saturated carbocycles. The lowest BCUT2D eigenvalue weighted by Gasteiger charge is -1.99. The Balaban J connectivity index is 2.94. The van der Waals surface area contributed by atoms with Crippen molar-refractivity contribution in [3.63, 3.8) is 0 Å². The normalized spacial score (nSPS) is 11.1. The Morgan fingerprint density at radius 1 is 1.15 bits per heavy atom. The number of benzene rings is 1. The number of fused-ring (bicyclic) bond motifs is 1. The van der Waals surface area contributed by atoms with E-state index in [4.69, 9.17) is 0 Å². The number of hydrogen-bond acceptors (Lipinski definition) is 1. The molecule has 0 amide bonds. The lowest BCUT2D eigenvalue weighted by Crippen LogP contribution is -1.77. The maximum absolute atomic E-state index is 3.64. The highest BCUT2D eigenvalue weighted by Gasteiger charge is 2.08. The molecular formula is C11H11BrS. The number of halogens is 1. The summed E-state index contributed by atoms with van der Waals surface area (Å²) >= 11 is 5.50. The molecule has 1 aromatic carbocycles. The van der Waals surface area contributed by atoms with E-state index in [0.717, 1.165) is 0 Å². The second-order valence-corrected chi connectivity index (χ2v) is 5.48. The number of aryl methyl sites for hydroxylation is 3. The Labute approximate surface area is 90.7 Å². The average molecular weight is 255 g/mol. The molecule has 2 rings (SSSR count). The van der Waals surface area contributed by atoms with Crippen molar-refractivity contribution >= 4 is 37.4 Å². The molecule has 0 saturated heterocycles. The number of rotatable bonds is 0. The molecule has 0 unspecified atom stereocenters. The van der Waals surface area contributed by atoms with Crippen LogP contribution in [0.25, 0.3) is 10.1 Å². The van der Waals surface area contributed by atoms with Gasteiger partial charge in [-0.05, 0) is 53.9 Å². The molecule has 2 heteroatoms. The second kappa shape index (κ2) is 3.10. The first-order valence-corrected chi connectivity index (χ1v) is 5.86. The molecule has 0 atom stereocenters. The van der Waals surface area contributed by atoms with Crippen LogP contribution in [0.1, 0.15) is 16.0 Å². The maximum Gasteiger partial charge on any atom is 0.0393 e. The zero-order valence-electron chi connectivity index (χ0n) is 7.94. The molecule has 0 radical (unpaired) electrons. The molecule has 0 N–H and O–H groups in total. The summed E-state index contributed by atoms with van der Waals surface area (Å²) in [5, 5.41) is 1.38. The van der Waals surface area contributed by atoms with Crippen LogP contribution >= 0.6 is 27.3 Å². The molecule has 0 spiro atoms. The SMILES string of the molecule is Cc1cc(C)c2c(Br)c(C)sc2c1. The van der Waals surface area contributed by atoms with Crippen LogP contribution in [0.5, 0.6) is 0 Å². The van der Waals surface area contributed by atoms with Gasteiger partial charge in [0.05, 0.1) is 0 Å². The highest BCUT2D eigenvalue weighted by Crippen LogP contribution is 2.37. The van der Waals surface area contributed by atoms with E-state index in [1.165, 1.54) is 30.6 Å². The van der Waals surface area contributed by atoms with Gasteiger partial charge in [-0.15, -0.1) is 11.3 Å². The van der Waals surface area contributed by atoms with Gasteiger partial charge < -0.3 is 0 Å². The summed E-state index contributed by atoms with van der Waals surface area (Å²) in [4.78, 5) is 1.36. The topological polar surface area (TPSA) is 0 Å². The fraction of sp³-hybridized carbons (Fsp3) is 0.273. The van der Waals surface area contributed by atoms with E-state index in [2.05, 4.69) is 48.8 Å². The second-order valence-electron chi connectivity index (χ2n) is 3.43. The smallest absolute Gasteiger partial charge is 0.0393 e. The molecule has 0 fully saturated rings. The highest BCUT2D eigenvalue weighted by atomic mass is 79.9. The van der Waals surface area contributed by atoms with Gasteiger partial charge in [-0.2, -0.15) is 0 Å². The van der Waals surface area contributed by atoms with Gasteiger partial charge in [0.2, 0.25) is 0 Å². The van der Waals surface area contributed by atoms with E-state index < -0.39 is 0 Å². The third-order valence-electron chi connectivity index (χ3n) is 2.24. The molecule has 0 aliphatic carbocycles. The molecule has 0 aliphatic heterocycles. The minimum absolute atomic E-state index is 1.27. The van der Waals surface area contributed by atoms with Crippen LogP contribution in [0, 0.1) is 20.8 Å². The fourth-order valence-electron chi connectivity index (χ4n) is 1.68. The Morgan fingerprint density at radius 3 is 2.54 bits per heavy atom. The summed E-state index contributed by atoms with van der Waals surface area (Å²) in [5.41, 5.74) is 2.71. The first-order chi connectivity index (χ1) is 6.09. The predicted octanol–water partition coefficient (Wildman–Crippen LogP) is 4.59. The minimum atomic E-state index is 1.27. The Morgan fingerprint density at radius 2 is 1.85 bits per heavy atom. The zero-order valence-corrected chi connectivity index (χ0v) is 10.3. The van der Waals surface area contributed by atoms with Gasteiger partial charge in [0.1, 0.15) is 0 Å². The predicted molar refractivity (Wildman–Crippen MR) is 63.7 cm³/mol. The first-order valence-electron chi connectivity index (χ1n) is 4.25. The van der Waals surface area contributed by atoms with Crippen LogP contribution in [-0.2, 0) is 0 Å². The largest absolute Gasteiger partial charge is 0.139 e. The Hall–Kier alpha value is -0.340. The highest BCUT2D eigenvalue weighted by molar-refractivity contribution is 9.10.